The van der Waals surface area contributed by atoms with E-state index in [1.54, 1.807) is 0 Å². The Morgan fingerprint density at radius 2 is 1.14 bits per heavy atom. The summed E-state index contributed by atoms with van der Waals surface area (Å²) >= 11 is 13.6. The number of hydrogen-bond acceptors (Lipinski definition) is 0. The molecule has 4 heteroatoms. The molecule has 76 valence electrons. The fraction of sp³-hybridized carbons (Fsp3) is 0.400. The molecule has 14 heavy (non-hydrogen) atoms. The Hall–Kier alpha value is 1.22. The van der Waals surface area contributed by atoms with E-state index in [1.165, 1.54) is 29.0 Å². The van der Waals surface area contributed by atoms with Gasteiger partial charge in [-0.25, -0.2) is 0 Å². The SMILES string of the molecule is CCc1c([Se])c([Se])c(CC)c(Br)c1Br. The molecule has 0 N–H and O–H groups in total. The van der Waals surface area contributed by atoms with E-state index in [4.69, 9.17) is 0 Å². The molecule has 0 nitrogen and oxygen atoms in total. The molecular formula is C10H10Br2Se2. The van der Waals surface area contributed by atoms with Gasteiger partial charge in [-0.3, -0.25) is 0 Å². The number of rotatable bonds is 2. The molecule has 0 saturated carbocycles. The third kappa shape index (κ3) is 2.31. The number of halogens is 2. The van der Waals surface area contributed by atoms with Crippen LogP contribution < -0.4 is 8.92 Å². The van der Waals surface area contributed by atoms with Gasteiger partial charge in [0.1, 0.15) is 0 Å². The Morgan fingerprint density at radius 1 is 0.857 bits per heavy atom. The van der Waals surface area contributed by atoms with Crippen molar-refractivity contribution in [2.75, 3.05) is 0 Å². The van der Waals surface area contributed by atoms with Gasteiger partial charge in [-0.05, 0) is 0 Å². The van der Waals surface area contributed by atoms with Crippen molar-refractivity contribution in [1.29, 1.82) is 0 Å². The van der Waals surface area contributed by atoms with E-state index >= 15 is 0 Å². The molecule has 0 unspecified atom stereocenters. The fourth-order valence-corrected chi connectivity index (χ4v) is 4.95. The molecule has 0 aliphatic rings. The summed E-state index contributed by atoms with van der Waals surface area (Å²) in [5, 5.41) is 0. The third-order valence-electron chi connectivity index (χ3n) is 2.18. The molecule has 0 heterocycles. The van der Waals surface area contributed by atoms with Crippen LogP contribution in [0.4, 0.5) is 0 Å². The van der Waals surface area contributed by atoms with Crippen LogP contribution >= 0.6 is 31.9 Å². The molecule has 2 radical (unpaired) electrons. The van der Waals surface area contributed by atoms with Crippen molar-refractivity contribution in [3.8, 4) is 0 Å². The standard InChI is InChI=1S/C10H10Br2Se2/c1-3-5-7(11)8(12)6(4-2)10(14)9(5)13/h3-4H2,1-2H3. The number of benzene rings is 1. The molecule has 0 saturated heterocycles. The first kappa shape index (κ1) is 13.3. The molecule has 0 spiro atoms. The Bertz CT molecular complexity index is 298. The summed E-state index contributed by atoms with van der Waals surface area (Å²) in [4.78, 5) is 0. The normalized spacial score (nSPS) is 10.6. The van der Waals surface area contributed by atoms with Crippen LogP contribution in [0.25, 0.3) is 0 Å². The topological polar surface area (TPSA) is 0 Å². The van der Waals surface area contributed by atoms with Crippen LogP contribution in [0.15, 0.2) is 8.95 Å². The van der Waals surface area contributed by atoms with Gasteiger partial charge in [-0.1, -0.05) is 0 Å². The van der Waals surface area contributed by atoms with Crippen LogP contribution in [0.1, 0.15) is 25.0 Å². The van der Waals surface area contributed by atoms with Crippen LogP contribution in [0.2, 0.25) is 0 Å². The summed E-state index contributed by atoms with van der Waals surface area (Å²) in [5.41, 5.74) is 2.67. The maximum absolute atomic E-state index is 3.64. The van der Waals surface area contributed by atoms with E-state index in [2.05, 4.69) is 77.7 Å². The minimum atomic E-state index is 1.03. The third-order valence-corrected chi connectivity index (χ3v) is 7.01. The van der Waals surface area contributed by atoms with Gasteiger partial charge in [0.05, 0.1) is 0 Å². The maximum atomic E-state index is 3.64. The average Bonchev–Trinajstić information content (AvgIpc) is 2.17. The summed E-state index contributed by atoms with van der Waals surface area (Å²) < 4.78 is 4.87. The van der Waals surface area contributed by atoms with Crippen molar-refractivity contribution in [2.45, 2.75) is 26.7 Å². The summed E-state index contributed by atoms with van der Waals surface area (Å²) in [6.07, 6.45) is 2.06. The molecule has 0 bridgehead atoms. The van der Waals surface area contributed by atoms with E-state index < -0.39 is 0 Å². The molecule has 0 atom stereocenters. The second-order valence-electron chi connectivity index (χ2n) is 2.95. The van der Waals surface area contributed by atoms with Gasteiger partial charge < -0.3 is 0 Å². The van der Waals surface area contributed by atoms with Crippen molar-refractivity contribution in [3.05, 3.63) is 20.1 Å². The molecule has 0 aliphatic carbocycles. The van der Waals surface area contributed by atoms with Gasteiger partial charge in [0.25, 0.3) is 0 Å². The first-order valence-electron chi connectivity index (χ1n) is 4.41. The molecular weight excluding hydrogens is 438 g/mol. The predicted molar refractivity (Wildman–Crippen MR) is 71.4 cm³/mol. The van der Waals surface area contributed by atoms with E-state index in [9.17, 15) is 0 Å². The minimum absolute atomic E-state index is 1.03. The predicted octanol–water partition coefficient (Wildman–Crippen LogP) is 1.92. The molecule has 0 fully saturated rings. The van der Waals surface area contributed by atoms with E-state index in [0.717, 1.165) is 12.8 Å². The van der Waals surface area contributed by atoms with Gasteiger partial charge in [0.15, 0.2) is 0 Å². The Labute approximate surface area is 118 Å². The summed E-state index contributed by atoms with van der Waals surface area (Å²) in [6.45, 7) is 4.33. The molecule has 0 aromatic heterocycles. The van der Waals surface area contributed by atoms with Crippen molar-refractivity contribution in [1.82, 2.24) is 0 Å². The van der Waals surface area contributed by atoms with Crippen LogP contribution in [-0.4, -0.2) is 32.0 Å². The average molecular weight is 448 g/mol. The van der Waals surface area contributed by atoms with Crippen molar-refractivity contribution < 1.29 is 0 Å². The van der Waals surface area contributed by atoms with Crippen LogP contribution in [0.5, 0.6) is 0 Å². The van der Waals surface area contributed by atoms with Gasteiger partial charge in [0.2, 0.25) is 0 Å². The first-order valence-corrected chi connectivity index (χ1v) is 7.71. The summed E-state index contributed by atoms with van der Waals surface area (Å²) in [5.74, 6) is 0. The van der Waals surface area contributed by atoms with Gasteiger partial charge >= 0.3 is 120 Å². The zero-order chi connectivity index (χ0) is 10.9. The molecule has 1 rings (SSSR count). The molecule has 0 aliphatic heterocycles. The quantitative estimate of drug-likeness (QED) is 0.608. The van der Waals surface area contributed by atoms with Crippen LogP contribution in [0, 0.1) is 0 Å². The van der Waals surface area contributed by atoms with Crippen LogP contribution in [0.3, 0.4) is 0 Å². The second kappa shape index (κ2) is 5.52. The zero-order valence-electron chi connectivity index (χ0n) is 7.99. The van der Waals surface area contributed by atoms with E-state index in [1.807, 2.05) is 0 Å². The second-order valence-corrected chi connectivity index (χ2v) is 6.25. The van der Waals surface area contributed by atoms with E-state index in [0.29, 0.717) is 0 Å². The van der Waals surface area contributed by atoms with Crippen molar-refractivity contribution in [2.24, 2.45) is 0 Å². The van der Waals surface area contributed by atoms with Gasteiger partial charge in [-0.15, -0.1) is 0 Å². The first-order chi connectivity index (χ1) is 6.54. The summed E-state index contributed by atoms with van der Waals surface area (Å²) in [6, 6.07) is 0. The summed E-state index contributed by atoms with van der Waals surface area (Å²) in [7, 11) is 0. The zero-order valence-corrected chi connectivity index (χ0v) is 14.6. The Balaban J connectivity index is 3.55. The van der Waals surface area contributed by atoms with Crippen molar-refractivity contribution in [3.63, 3.8) is 0 Å². The van der Waals surface area contributed by atoms with Crippen LogP contribution in [-0.2, 0) is 12.8 Å². The molecule has 0 amide bonds. The van der Waals surface area contributed by atoms with Gasteiger partial charge in [0, 0.05) is 0 Å². The number of hydrogen-bond donors (Lipinski definition) is 0. The molecule has 1 aromatic rings. The fourth-order valence-electron chi connectivity index (χ4n) is 1.37. The van der Waals surface area contributed by atoms with Gasteiger partial charge in [-0.2, -0.15) is 0 Å². The Morgan fingerprint density at radius 3 is 1.36 bits per heavy atom. The van der Waals surface area contributed by atoms with Crippen molar-refractivity contribution >= 4 is 72.8 Å². The molecule has 1 aromatic carbocycles. The Kier molecular flexibility index (Phi) is 5.24. The van der Waals surface area contributed by atoms with E-state index in [-0.39, 0.29) is 0 Å². The monoisotopic (exact) mass is 448 g/mol.